The van der Waals surface area contributed by atoms with Crippen LogP contribution in [0.3, 0.4) is 0 Å². The largest absolute Gasteiger partial charge is 0.393 e. The lowest BCUT2D eigenvalue weighted by molar-refractivity contribution is 0.145. The number of hydrogen-bond acceptors (Lipinski definition) is 4. The highest BCUT2D eigenvalue weighted by Gasteiger charge is 2.23. The maximum absolute atomic E-state index is 9.63. The lowest BCUT2D eigenvalue weighted by Gasteiger charge is -2.30. The molecule has 5 heteroatoms. The van der Waals surface area contributed by atoms with E-state index in [1.54, 1.807) is 6.20 Å². The molecule has 108 valence electrons. The molecule has 0 radical (unpaired) electrons. The Kier molecular flexibility index (Phi) is 3.17. The molecule has 0 aromatic carbocycles. The van der Waals surface area contributed by atoms with Crippen molar-refractivity contribution in [2.75, 3.05) is 18.0 Å². The van der Waals surface area contributed by atoms with Gasteiger partial charge < -0.3 is 10.0 Å². The second-order valence-corrected chi connectivity index (χ2v) is 6.58. The van der Waals surface area contributed by atoms with Crippen LogP contribution in [0.2, 0.25) is 0 Å². The second-order valence-electron chi connectivity index (χ2n) is 6.58. The minimum atomic E-state index is -0.166. The summed E-state index contributed by atoms with van der Waals surface area (Å²) < 4.78 is 1.91. The highest BCUT2D eigenvalue weighted by atomic mass is 16.3. The molecule has 3 rings (SSSR count). The zero-order valence-electron chi connectivity index (χ0n) is 12.4. The molecule has 2 aromatic rings. The number of fused-ring (bicyclic) bond motifs is 1. The molecule has 0 atom stereocenters. The van der Waals surface area contributed by atoms with Crippen LogP contribution >= 0.6 is 0 Å². The van der Waals surface area contributed by atoms with Crippen LogP contribution in [0.25, 0.3) is 5.52 Å². The maximum Gasteiger partial charge on any atom is 0.154 e. The zero-order chi connectivity index (χ0) is 14.3. The summed E-state index contributed by atoms with van der Waals surface area (Å²) in [5.74, 6) is 0.974. The van der Waals surface area contributed by atoms with Gasteiger partial charge in [0.15, 0.2) is 5.82 Å². The Balaban J connectivity index is 2.01. The van der Waals surface area contributed by atoms with Gasteiger partial charge in [-0.2, -0.15) is 5.10 Å². The Labute approximate surface area is 119 Å². The minimum Gasteiger partial charge on any atom is -0.393 e. The van der Waals surface area contributed by atoms with Gasteiger partial charge >= 0.3 is 0 Å². The minimum absolute atomic E-state index is 0.0291. The van der Waals surface area contributed by atoms with E-state index in [0.717, 1.165) is 43.0 Å². The Morgan fingerprint density at radius 2 is 1.95 bits per heavy atom. The predicted molar refractivity (Wildman–Crippen MR) is 79.1 cm³/mol. The lowest BCUT2D eigenvalue weighted by atomic mass is 9.92. The summed E-state index contributed by atoms with van der Waals surface area (Å²) >= 11 is 0. The molecule has 1 fully saturated rings. The number of anilines is 1. The first-order chi connectivity index (χ1) is 9.45. The zero-order valence-corrected chi connectivity index (χ0v) is 12.4. The Hall–Kier alpha value is -1.62. The molecule has 1 N–H and O–H groups in total. The van der Waals surface area contributed by atoms with Crippen LogP contribution in [-0.4, -0.2) is 38.9 Å². The van der Waals surface area contributed by atoms with E-state index in [1.807, 2.05) is 10.7 Å². The standard InChI is InChI=1S/C15H22N4O/c1-15(2,3)13-10-12-14(16-6-9-19(12)17-13)18-7-4-11(20)5-8-18/h6,9-11,20H,4-5,7-8H2,1-3H3. The molecular formula is C15H22N4O. The van der Waals surface area contributed by atoms with E-state index in [1.165, 1.54) is 0 Å². The first-order valence-electron chi connectivity index (χ1n) is 7.23. The second kappa shape index (κ2) is 4.74. The fraction of sp³-hybridized carbons (Fsp3) is 0.600. The molecule has 1 aliphatic heterocycles. The van der Waals surface area contributed by atoms with Crippen molar-refractivity contribution in [2.45, 2.75) is 45.1 Å². The fourth-order valence-corrected chi connectivity index (χ4v) is 2.60. The molecule has 0 aliphatic carbocycles. The van der Waals surface area contributed by atoms with Gasteiger partial charge in [0, 0.05) is 30.9 Å². The van der Waals surface area contributed by atoms with Crippen LogP contribution < -0.4 is 4.90 Å². The number of aromatic nitrogens is 3. The van der Waals surface area contributed by atoms with Gasteiger partial charge in [-0.15, -0.1) is 0 Å². The summed E-state index contributed by atoms with van der Waals surface area (Å²) in [5.41, 5.74) is 2.15. The average Bonchev–Trinajstić information content (AvgIpc) is 2.83. The Bertz CT molecular complexity index is 606. The van der Waals surface area contributed by atoms with Gasteiger partial charge in [0.1, 0.15) is 5.52 Å². The monoisotopic (exact) mass is 274 g/mol. The lowest BCUT2D eigenvalue weighted by Crippen LogP contribution is -2.36. The summed E-state index contributed by atoms with van der Waals surface area (Å²) in [6, 6.07) is 2.13. The topological polar surface area (TPSA) is 53.7 Å². The molecule has 0 spiro atoms. The Morgan fingerprint density at radius 1 is 1.25 bits per heavy atom. The van der Waals surface area contributed by atoms with Gasteiger partial charge in [-0.25, -0.2) is 9.50 Å². The van der Waals surface area contributed by atoms with E-state index >= 15 is 0 Å². The molecule has 0 unspecified atom stereocenters. The first-order valence-corrected chi connectivity index (χ1v) is 7.23. The third-order valence-corrected chi connectivity index (χ3v) is 3.90. The van der Waals surface area contributed by atoms with Crippen molar-refractivity contribution in [2.24, 2.45) is 0 Å². The predicted octanol–water partition coefficient (Wildman–Crippen LogP) is 1.99. The van der Waals surface area contributed by atoms with Gasteiger partial charge in [0.05, 0.1) is 11.8 Å². The summed E-state index contributed by atoms with van der Waals surface area (Å²) in [4.78, 5) is 6.78. The van der Waals surface area contributed by atoms with Crippen LogP contribution in [0.4, 0.5) is 5.82 Å². The molecule has 1 aliphatic rings. The smallest absolute Gasteiger partial charge is 0.154 e. The summed E-state index contributed by atoms with van der Waals surface area (Å²) in [6.45, 7) is 8.20. The van der Waals surface area contributed by atoms with Crippen LogP contribution in [0.1, 0.15) is 39.3 Å². The number of nitrogens with zero attached hydrogens (tertiary/aromatic N) is 4. The van der Waals surface area contributed by atoms with Gasteiger partial charge in [0.25, 0.3) is 0 Å². The maximum atomic E-state index is 9.63. The van der Waals surface area contributed by atoms with Crippen molar-refractivity contribution in [3.63, 3.8) is 0 Å². The van der Waals surface area contributed by atoms with E-state index in [4.69, 9.17) is 0 Å². The molecule has 3 heterocycles. The molecule has 20 heavy (non-hydrogen) atoms. The van der Waals surface area contributed by atoms with Gasteiger partial charge in [0.2, 0.25) is 0 Å². The highest BCUT2D eigenvalue weighted by molar-refractivity contribution is 5.69. The van der Waals surface area contributed by atoms with Crippen LogP contribution in [0.15, 0.2) is 18.5 Å². The number of aliphatic hydroxyl groups excluding tert-OH is 1. The summed E-state index contributed by atoms with van der Waals surface area (Å²) in [7, 11) is 0. The summed E-state index contributed by atoms with van der Waals surface area (Å²) in [5, 5.41) is 14.3. The third-order valence-electron chi connectivity index (χ3n) is 3.90. The molecule has 5 nitrogen and oxygen atoms in total. The number of piperidine rings is 1. The van der Waals surface area contributed by atoms with Gasteiger partial charge in [-0.1, -0.05) is 20.8 Å². The molecule has 1 saturated heterocycles. The van der Waals surface area contributed by atoms with Crippen molar-refractivity contribution in [1.82, 2.24) is 14.6 Å². The third kappa shape index (κ3) is 2.38. The van der Waals surface area contributed by atoms with E-state index < -0.39 is 0 Å². The van der Waals surface area contributed by atoms with E-state index in [-0.39, 0.29) is 11.5 Å². The quantitative estimate of drug-likeness (QED) is 0.864. The van der Waals surface area contributed by atoms with Crippen LogP contribution in [0, 0.1) is 0 Å². The number of aliphatic hydroxyl groups is 1. The van der Waals surface area contributed by atoms with Crippen LogP contribution in [-0.2, 0) is 5.41 Å². The van der Waals surface area contributed by atoms with Crippen LogP contribution in [0.5, 0.6) is 0 Å². The van der Waals surface area contributed by atoms with Crippen molar-refractivity contribution in [3.05, 3.63) is 24.2 Å². The molecule has 0 bridgehead atoms. The Morgan fingerprint density at radius 3 is 2.60 bits per heavy atom. The number of rotatable bonds is 1. The van der Waals surface area contributed by atoms with Crippen molar-refractivity contribution >= 4 is 11.3 Å². The average molecular weight is 274 g/mol. The molecular weight excluding hydrogens is 252 g/mol. The van der Waals surface area contributed by atoms with Gasteiger partial charge in [-0.3, -0.25) is 0 Å². The van der Waals surface area contributed by atoms with Crippen molar-refractivity contribution in [3.8, 4) is 0 Å². The van der Waals surface area contributed by atoms with E-state index in [9.17, 15) is 5.11 Å². The fourth-order valence-electron chi connectivity index (χ4n) is 2.60. The molecule has 2 aromatic heterocycles. The SMILES string of the molecule is CC(C)(C)c1cc2c(N3CCC(O)CC3)nccn2n1. The van der Waals surface area contributed by atoms with Crippen molar-refractivity contribution < 1.29 is 5.11 Å². The van der Waals surface area contributed by atoms with E-state index in [2.05, 4.69) is 41.8 Å². The molecule has 0 saturated carbocycles. The van der Waals surface area contributed by atoms with Crippen molar-refractivity contribution in [1.29, 1.82) is 0 Å². The van der Waals surface area contributed by atoms with E-state index in [0.29, 0.717) is 0 Å². The number of hydrogen-bond donors (Lipinski definition) is 1. The first kappa shape index (κ1) is 13.4. The normalized spacial score (nSPS) is 17.9. The van der Waals surface area contributed by atoms with Gasteiger partial charge in [-0.05, 0) is 18.9 Å². The highest BCUT2D eigenvalue weighted by Crippen LogP contribution is 2.27. The summed E-state index contributed by atoms with van der Waals surface area (Å²) in [6.07, 6.45) is 5.15. The molecule has 0 amide bonds.